The molecule has 0 bridgehead atoms. The minimum absolute atomic E-state index is 0.118. The number of nitrogens with zero attached hydrogens (tertiary/aromatic N) is 3. The molecule has 0 fully saturated rings. The van der Waals surface area contributed by atoms with Crippen LogP contribution in [0.15, 0.2) is 73.1 Å². The molecule has 1 atom stereocenters. The Balaban J connectivity index is 1.61. The molecule has 5 rings (SSSR count). The number of aromatic nitrogens is 3. The van der Waals surface area contributed by atoms with Crippen molar-refractivity contribution < 1.29 is 14.6 Å². The number of aromatic hydroxyl groups is 1. The van der Waals surface area contributed by atoms with Crippen LogP contribution in [0.3, 0.4) is 0 Å². The van der Waals surface area contributed by atoms with E-state index in [1.165, 1.54) is 0 Å². The van der Waals surface area contributed by atoms with Crippen LogP contribution in [0.4, 0.5) is 0 Å². The number of hydrogen-bond acceptors (Lipinski definition) is 5. The van der Waals surface area contributed by atoms with Crippen molar-refractivity contribution in [3.05, 3.63) is 95.4 Å². The van der Waals surface area contributed by atoms with Gasteiger partial charge >= 0.3 is 0 Å². The lowest BCUT2D eigenvalue weighted by atomic mass is 9.95. The summed E-state index contributed by atoms with van der Waals surface area (Å²) in [5.74, 6) is 0.749. The Morgan fingerprint density at radius 1 is 1.09 bits per heavy atom. The van der Waals surface area contributed by atoms with Gasteiger partial charge in [-0.25, -0.2) is 0 Å². The Kier molecular flexibility index (Phi) is 5.99. The third-order valence-electron chi connectivity index (χ3n) is 6.07. The molecule has 34 heavy (non-hydrogen) atoms. The summed E-state index contributed by atoms with van der Waals surface area (Å²) in [4.78, 5) is 19.5. The Bertz CT molecular complexity index is 1300. The van der Waals surface area contributed by atoms with Crippen LogP contribution in [0.5, 0.6) is 11.5 Å². The standard InChI is InChI=1S/C27H26N4O3/c1-2-3-15-34-20-8-6-7-19(16-20)26-23-24(21-9-4-5-10-22(21)32)29-30-25(23)27(33)31(26)17-18-11-13-28-14-12-18/h4-14,16,26,32H,2-3,15,17H2,1H3,(H,29,30). The SMILES string of the molecule is CCCCOc1cccc(C2c3c(-c4ccccc4O)n[nH]c3C(=O)N2Cc2ccncc2)c1. The molecule has 7 heteroatoms. The minimum Gasteiger partial charge on any atom is -0.507 e. The van der Waals surface area contributed by atoms with Crippen LogP contribution in [0.25, 0.3) is 11.3 Å². The first-order valence-electron chi connectivity index (χ1n) is 11.5. The fraction of sp³-hybridized carbons (Fsp3) is 0.222. The summed E-state index contributed by atoms with van der Waals surface area (Å²) < 4.78 is 5.96. The van der Waals surface area contributed by atoms with E-state index in [4.69, 9.17) is 4.74 Å². The summed E-state index contributed by atoms with van der Waals surface area (Å²) in [7, 11) is 0. The van der Waals surface area contributed by atoms with E-state index in [9.17, 15) is 9.90 Å². The van der Waals surface area contributed by atoms with E-state index in [2.05, 4.69) is 22.1 Å². The van der Waals surface area contributed by atoms with Crippen molar-refractivity contribution in [2.45, 2.75) is 32.4 Å². The molecule has 4 aromatic rings. The molecule has 3 heterocycles. The molecule has 1 unspecified atom stereocenters. The number of nitrogens with one attached hydrogen (secondary N) is 1. The molecular formula is C27H26N4O3. The Morgan fingerprint density at radius 2 is 1.91 bits per heavy atom. The number of hydrogen-bond donors (Lipinski definition) is 2. The van der Waals surface area contributed by atoms with Crippen molar-refractivity contribution in [2.75, 3.05) is 6.61 Å². The maximum Gasteiger partial charge on any atom is 0.273 e. The fourth-order valence-corrected chi connectivity index (χ4v) is 4.38. The lowest BCUT2D eigenvalue weighted by Crippen LogP contribution is -2.29. The Morgan fingerprint density at radius 3 is 2.71 bits per heavy atom. The van der Waals surface area contributed by atoms with Gasteiger partial charge in [0.25, 0.3) is 5.91 Å². The zero-order chi connectivity index (χ0) is 23.5. The number of rotatable bonds is 8. The van der Waals surface area contributed by atoms with Crippen molar-refractivity contribution in [3.8, 4) is 22.8 Å². The Labute approximate surface area is 198 Å². The highest BCUT2D eigenvalue weighted by Crippen LogP contribution is 2.45. The first-order chi connectivity index (χ1) is 16.7. The van der Waals surface area contributed by atoms with Crippen molar-refractivity contribution in [1.82, 2.24) is 20.1 Å². The van der Waals surface area contributed by atoms with Crippen LogP contribution in [0.1, 0.15) is 53.0 Å². The molecule has 1 aliphatic heterocycles. The van der Waals surface area contributed by atoms with Crippen LogP contribution in [-0.4, -0.2) is 37.7 Å². The van der Waals surface area contributed by atoms with Gasteiger partial charge < -0.3 is 14.7 Å². The predicted octanol–water partition coefficient (Wildman–Crippen LogP) is 5.10. The number of fused-ring (bicyclic) bond motifs is 1. The summed E-state index contributed by atoms with van der Waals surface area (Å²) in [6.45, 7) is 3.18. The van der Waals surface area contributed by atoms with Crippen LogP contribution >= 0.6 is 0 Å². The van der Waals surface area contributed by atoms with Crippen molar-refractivity contribution >= 4 is 5.91 Å². The highest BCUT2D eigenvalue weighted by atomic mass is 16.5. The molecule has 7 nitrogen and oxygen atoms in total. The first kappa shape index (κ1) is 21.7. The number of carbonyl (C=O) groups excluding carboxylic acids is 1. The van der Waals surface area contributed by atoms with Crippen molar-refractivity contribution in [1.29, 1.82) is 0 Å². The summed E-state index contributed by atoms with van der Waals surface area (Å²) in [6.07, 6.45) is 5.48. The summed E-state index contributed by atoms with van der Waals surface area (Å²) >= 11 is 0. The normalized spacial score (nSPS) is 14.9. The summed E-state index contributed by atoms with van der Waals surface area (Å²) in [5.41, 5.74) is 4.25. The number of amides is 1. The van der Waals surface area contributed by atoms with Gasteiger partial charge in [-0.3, -0.25) is 14.9 Å². The van der Waals surface area contributed by atoms with E-state index in [1.807, 2.05) is 53.4 Å². The number of unbranched alkanes of at least 4 members (excludes halogenated alkanes) is 1. The average Bonchev–Trinajstić information content (AvgIpc) is 3.40. The number of aromatic amines is 1. The molecule has 0 saturated carbocycles. The van der Waals surface area contributed by atoms with Gasteiger partial charge in [0.1, 0.15) is 22.9 Å². The maximum atomic E-state index is 13.6. The first-order valence-corrected chi connectivity index (χ1v) is 11.5. The van der Waals surface area contributed by atoms with E-state index in [1.54, 1.807) is 24.5 Å². The van der Waals surface area contributed by atoms with Gasteiger partial charge in [0.2, 0.25) is 0 Å². The average molecular weight is 455 g/mol. The lowest BCUT2D eigenvalue weighted by Gasteiger charge is -2.27. The number of ether oxygens (including phenoxy) is 1. The smallest absolute Gasteiger partial charge is 0.273 e. The molecule has 172 valence electrons. The lowest BCUT2D eigenvalue weighted by molar-refractivity contribution is 0.0729. The van der Waals surface area contributed by atoms with Crippen molar-refractivity contribution in [3.63, 3.8) is 0 Å². The number of benzene rings is 2. The fourth-order valence-electron chi connectivity index (χ4n) is 4.38. The highest BCUT2D eigenvalue weighted by Gasteiger charge is 2.42. The number of phenols is 1. The van der Waals surface area contributed by atoms with Gasteiger partial charge in [-0.1, -0.05) is 37.6 Å². The molecule has 1 amide bonds. The van der Waals surface area contributed by atoms with Gasteiger partial charge in [-0.05, 0) is 53.9 Å². The van der Waals surface area contributed by atoms with E-state index in [0.717, 1.165) is 35.3 Å². The van der Waals surface area contributed by atoms with Crippen molar-refractivity contribution in [2.24, 2.45) is 0 Å². The third kappa shape index (κ3) is 4.01. The monoisotopic (exact) mass is 454 g/mol. The van der Waals surface area contributed by atoms with Crippen LogP contribution in [0, 0.1) is 0 Å². The van der Waals surface area contributed by atoms with E-state index < -0.39 is 6.04 Å². The van der Waals surface area contributed by atoms with E-state index in [-0.39, 0.29) is 11.7 Å². The third-order valence-corrected chi connectivity index (χ3v) is 6.07. The van der Waals surface area contributed by atoms with E-state index in [0.29, 0.717) is 30.1 Å². The van der Waals surface area contributed by atoms with Crippen LogP contribution in [-0.2, 0) is 6.54 Å². The molecule has 2 aromatic carbocycles. The van der Waals surface area contributed by atoms with Gasteiger partial charge in [0, 0.05) is 30.1 Å². The molecule has 2 N–H and O–H groups in total. The topological polar surface area (TPSA) is 91.3 Å². The molecule has 0 radical (unpaired) electrons. The van der Waals surface area contributed by atoms with Gasteiger partial charge in [0.05, 0.1) is 12.6 Å². The molecule has 0 saturated heterocycles. The van der Waals surface area contributed by atoms with Crippen LogP contribution < -0.4 is 4.74 Å². The maximum absolute atomic E-state index is 13.6. The van der Waals surface area contributed by atoms with Gasteiger partial charge in [0.15, 0.2) is 0 Å². The number of carbonyl (C=O) groups is 1. The zero-order valence-electron chi connectivity index (χ0n) is 18.9. The van der Waals surface area contributed by atoms with Gasteiger partial charge in [-0.2, -0.15) is 5.10 Å². The largest absolute Gasteiger partial charge is 0.507 e. The molecule has 2 aromatic heterocycles. The quantitative estimate of drug-likeness (QED) is 0.361. The molecule has 1 aliphatic rings. The minimum atomic E-state index is -0.390. The zero-order valence-corrected chi connectivity index (χ0v) is 18.9. The second kappa shape index (κ2) is 9.39. The predicted molar refractivity (Wildman–Crippen MR) is 128 cm³/mol. The summed E-state index contributed by atoms with van der Waals surface area (Å²) in [5, 5.41) is 17.9. The highest BCUT2D eigenvalue weighted by molar-refractivity contribution is 6.00. The number of phenolic OH excluding ortho intramolecular Hbond substituents is 1. The number of para-hydroxylation sites is 1. The van der Waals surface area contributed by atoms with Gasteiger partial charge in [-0.15, -0.1) is 0 Å². The second-order valence-electron chi connectivity index (χ2n) is 8.34. The second-order valence-corrected chi connectivity index (χ2v) is 8.34. The molecular weight excluding hydrogens is 428 g/mol. The summed E-state index contributed by atoms with van der Waals surface area (Å²) in [6, 6.07) is 18.3. The molecule has 0 spiro atoms. The molecule has 0 aliphatic carbocycles. The van der Waals surface area contributed by atoms with Crippen LogP contribution in [0.2, 0.25) is 0 Å². The van der Waals surface area contributed by atoms with E-state index >= 15 is 0 Å². The Hall–Kier alpha value is -4.13. The number of H-pyrrole nitrogens is 1. The number of pyridine rings is 1.